The van der Waals surface area contributed by atoms with Crippen LogP contribution in [0.2, 0.25) is 0 Å². The Labute approximate surface area is 96.4 Å². The highest BCUT2D eigenvalue weighted by atomic mass is 79.9. The number of carbonyl (C=O) groups is 1. The molecule has 0 bridgehead atoms. The highest BCUT2D eigenvalue weighted by Crippen LogP contribution is 2.14. The van der Waals surface area contributed by atoms with Gasteiger partial charge < -0.3 is 11.1 Å². The van der Waals surface area contributed by atoms with Crippen molar-refractivity contribution in [1.82, 2.24) is 0 Å². The maximum Gasteiger partial charge on any atom is 0.269 e. The molecule has 0 aromatic heterocycles. The van der Waals surface area contributed by atoms with Crippen LogP contribution in [0.25, 0.3) is 0 Å². The van der Waals surface area contributed by atoms with Crippen LogP contribution in [0, 0.1) is 10.1 Å². The van der Waals surface area contributed by atoms with Gasteiger partial charge in [-0.15, -0.1) is 17.0 Å². The van der Waals surface area contributed by atoms with Gasteiger partial charge in [0.15, 0.2) is 0 Å². The molecule has 0 saturated carbocycles. The zero-order chi connectivity index (χ0) is 10.6. The Morgan fingerprint density at radius 3 is 2.33 bits per heavy atom. The predicted molar refractivity (Wildman–Crippen MR) is 61.1 cm³/mol. The van der Waals surface area contributed by atoms with Gasteiger partial charge in [0.05, 0.1) is 11.5 Å². The third-order valence-electron chi connectivity index (χ3n) is 1.55. The standard InChI is InChI=1S/C8H9N3O3.BrH/c9-5-8(12)10-6-1-3-7(4-2-6)11(13)14;/h1-4H,5,9H2,(H,10,12);1H. The number of hydrogen-bond acceptors (Lipinski definition) is 4. The topological polar surface area (TPSA) is 98.3 Å². The average Bonchev–Trinajstić information content (AvgIpc) is 2.18. The van der Waals surface area contributed by atoms with Crippen molar-refractivity contribution in [2.24, 2.45) is 5.73 Å². The van der Waals surface area contributed by atoms with Gasteiger partial charge in [0.1, 0.15) is 0 Å². The van der Waals surface area contributed by atoms with E-state index < -0.39 is 4.92 Å². The van der Waals surface area contributed by atoms with E-state index in [0.29, 0.717) is 5.69 Å². The molecular formula is C8H10BrN3O3. The van der Waals surface area contributed by atoms with Crippen molar-refractivity contribution in [1.29, 1.82) is 0 Å². The molecule has 7 heteroatoms. The highest BCUT2D eigenvalue weighted by molar-refractivity contribution is 8.93. The fraction of sp³-hybridized carbons (Fsp3) is 0.125. The van der Waals surface area contributed by atoms with Gasteiger partial charge in [-0.25, -0.2) is 0 Å². The number of amides is 1. The average molecular weight is 276 g/mol. The smallest absolute Gasteiger partial charge is 0.269 e. The first-order chi connectivity index (χ1) is 6.63. The van der Waals surface area contributed by atoms with E-state index >= 15 is 0 Å². The number of nitrogens with zero attached hydrogens (tertiary/aromatic N) is 1. The Morgan fingerprint density at radius 2 is 1.93 bits per heavy atom. The molecule has 0 heterocycles. The second kappa shape index (κ2) is 6.10. The summed E-state index contributed by atoms with van der Waals surface area (Å²) in [5, 5.41) is 12.8. The molecule has 0 saturated heterocycles. The Morgan fingerprint density at radius 1 is 1.40 bits per heavy atom. The number of hydrogen-bond donors (Lipinski definition) is 2. The van der Waals surface area contributed by atoms with Crippen LogP contribution in [0.3, 0.4) is 0 Å². The lowest BCUT2D eigenvalue weighted by Crippen LogP contribution is -2.21. The second-order valence-corrected chi connectivity index (χ2v) is 2.56. The molecule has 0 radical (unpaired) electrons. The Kier molecular flexibility index (Phi) is 5.50. The van der Waals surface area contributed by atoms with Crippen molar-refractivity contribution in [3.8, 4) is 0 Å². The number of rotatable bonds is 3. The molecule has 0 atom stereocenters. The van der Waals surface area contributed by atoms with Gasteiger partial charge in [-0.05, 0) is 12.1 Å². The van der Waals surface area contributed by atoms with Crippen LogP contribution >= 0.6 is 17.0 Å². The number of nitrogens with two attached hydrogens (primary N) is 1. The molecule has 0 aliphatic heterocycles. The van der Waals surface area contributed by atoms with Gasteiger partial charge in [0, 0.05) is 17.8 Å². The first-order valence-corrected chi connectivity index (χ1v) is 3.88. The number of halogens is 1. The van der Waals surface area contributed by atoms with Gasteiger partial charge in [-0.2, -0.15) is 0 Å². The summed E-state index contributed by atoms with van der Waals surface area (Å²) in [7, 11) is 0. The summed E-state index contributed by atoms with van der Waals surface area (Å²) in [6, 6.07) is 5.52. The molecule has 0 aliphatic carbocycles. The SMILES string of the molecule is Br.NCC(=O)Nc1ccc([N+](=O)[O-])cc1. The lowest BCUT2D eigenvalue weighted by Gasteiger charge is -2.01. The molecule has 15 heavy (non-hydrogen) atoms. The predicted octanol–water partition coefficient (Wildman–Crippen LogP) is 1.07. The van der Waals surface area contributed by atoms with Crippen LogP contribution in [0.5, 0.6) is 0 Å². The lowest BCUT2D eigenvalue weighted by atomic mass is 10.3. The molecule has 3 N–H and O–H groups in total. The normalized spacial score (nSPS) is 8.87. The molecule has 0 aliphatic rings. The van der Waals surface area contributed by atoms with Gasteiger partial charge in [-0.1, -0.05) is 0 Å². The van der Waals surface area contributed by atoms with Crippen LogP contribution in [0.15, 0.2) is 24.3 Å². The summed E-state index contributed by atoms with van der Waals surface area (Å²) < 4.78 is 0. The van der Waals surface area contributed by atoms with Crippen LogP contribution in [0.1, 0.15) is 0 Å². The fourth-order valence-corrected chi connectivity index (χ4v) is 0.878. The first-order valence-electron chi connectivity index (χ1n) is 3.88. The summed E-state index contributed by atoms with van der Waals surface area (Å²) in [5.41, 5.74) is 5.55. The van der Waals surface area contributed by atoms with Crippen molar-refractivity contribution in [2.45, 2.75) is 0 Å². The fourth-order valence-electron chi connectivity index (χ4n) is 0.878. The van der Waals surface area contributed by atoms with E-state index in [0.717, 1.165) is 0 Å². The summed E-state index contributed by atoms with van der Waals surface area (Å²) in [5.74, 6) is -0.334. The molecular weight excluding hydrogens is 266 g/mol. The quantitative estimate of drug-likeness (QED) is 0.637. The van der Waals surface area contributed by atoms with Crippen molar-refractivity contribution in [3.63, 3.8) is 0 Å². The van der Waals surface area contributed by atoms with E-state index in [2.05, 4.69) is 5.32 Å². The Balaban J connectivity index is 0.00000196. The monoisotopic (exact) mass is 275 g/mol. The van der Waals surface area contributed by atoms with Crippen molar-refractivity contribution >= 4 is 34.3 Å². The minimum atomic E-state index is -0.505. The number of anilines is 1. The van der Waals surface area contributed by atoms with E-state index in [1.165, 1.54) is 24.3 Å². The maximum absolute atomic E-state index is 10.8. The third-order valence-corrected chi connectivity index (χ3v) is 1.55. The van der Waals surface area contributed by atoms with Gasteiger partial charge in [-0.3, -0.25) is 14.9 Å². The number of nitro benzene ring substituents is 1. The summed E-state index contributed by atoms with van der Waals surface area (Å²) in [6.07, 6.45) is 0. The van der Waals surface area contributed by atoms with Crippen LogP contribution in [-0.4, -0.2) is 17.4 Å². The van der Waals surface area contributed by atoms with Crippen LogP contribution < -0.4 is 11.1 Å². The zero-order valence-electron chi connectivity index (χ0n) is 7.67. The van der Waals surface area contributed by atoms with Crippen LogP contribution in [-0.2, 0) is 4.79 Å². The Bertz CT molecular complexity index is 353. The van der Waals surface area contributed by atoms with Gasteiger partial charge in [0.2, 0.25) is 5.91 Å². The maximum atomic E-state index is 10.8. The number of nitro groups is 1. The van der Waals surface area contributed by atoms with Crippen molar-refractivity contribution < 1.29 is 9.72 Å². The zero-order valence-corrected chi connectivity index (χ0v) is 9.39. The summed E-state index contributed by atoms with van der Waals surface area (Å²) >= 11 is 0. The molecule has 0 unspecified atom stereocenters. The van der Waals surface area contributed by atoms with Crippen molar-refractivity contribution in [2.75, 3.05) is 11.9 Å². The molecule has 1 amide bonds. The van der Waals surface area contributed by atoms with E-state index in [1.54, 1.807) is 0 Å². The molecule has 0 fully saturated rings. The van der Waals surface area contributed by atoms with Gasteiger partial charge in [0.25, 0.3) is 5.69 Å². The molecule has 1 aromatic carbocycles. The number of benzene rings is 1. The number of nitrogens with one attached hydrogen (secondary N) is 1. The molecule has 1 aromatic rings. The third kappa shape index (κ3) is 4.05. The van der Waals surface area contributed by atoms with Gasteiger partial charge >= 0.3 is 0 Å². The lowest BCUT2D eigenvalue weighted by molar-refractivity contribution is -0.384. The highest BCUT2D eigenvalue weighted by Gasteiger charge is 2.04. The van der Waals surface area contributed by atoms with E-state index in [4.69, 9.17) is 5.73 Å². The summed E-state index contributed by atoms with van der Waals surface area (Å²) in [6.45, 7) is -0.114. The number of non-ortho nitro benzene ring substituents is 1. The molecule has 6 nitrogen and oxygen atoms in total. The minimum absolute atomic E-state index is 0. The van der Waals surface area contributed by atoms with E-state index in [1.807, 2.05) is 0 Å². The molecule has 82 valence electrons. The van der Waals surface area contributed by atoms with Crippen molar-refractivity contribution in [3.05, 3.63) is 34.4 Å². The Hall–Kier alpha value is -1.47. The molecule has 1 rings (SSSR count). The largest absolute Gasteiger partial charge is 0.325 e. The van der Waals surface area contributed by atoms with E-state index in [-0.39, 0.29) is 35.1 Å². The first kappa shape index (κ1) is 13.5. The summed E-state index contributed by atoms with van der Waals surface area (Å²) in [4.78, 5) is 20.6. The van der Waals surface area contributed by atoms with Crippen LogP contribution in [0.4, 0.5) is 11.4 Å². The number of carbonyl (C=O) groups excluding carboxylic acids is 1. The molecule has 0 spiro atoms. The minimum Gasteiger partial charge on any atom is -0.325 e. The second-order valence-electron chi connectivity index (χ2n) is 2.56. The van der Waals surface area contributed by atoms with E-state index in [9.17, 15) is 14.9 Å².